The minimum atomic E-state index is -0.347. The predicted molar refractivity (Wildman–Crippen MR) is 183 cm³/mol. The first-order valence-corrected chi connectivity index (χ1v) is 15.3. The van der Waals surface area contributed by atoms with Gasteiger partial charge in [0.25, 0.3) is 5.56 Å². The van der Waals surface area contributed by atoms with Crippen LogP contribution in [0, 0.1) is 0 Å². The van der Waals surface area contributed by atoms with Crippen molar-refractivity contribution in [1.29, 1.82) is 0 Å². The lowest BCUT2D eigenvalue weighted by Gasteiger charge is -2.17. The zero-order valence-corrected chi connectivity index (χ0v) is 26.6. The molecule has 0 unspecified atom stereocenters. The molecule has 8 nitrogen and oxygen atoms in total. The highest BCUT2D eigenvalue weighted by atomic mass is 35.5. The number of fused-ring (bicyclic) bond motifs is 2. The summed E-state index contributed by atoms with van der Waals surface area (Å²) in [6.45, 7) is 6.42. The summed E-state index contributed by atoms with van der Waals surface area (Å²) in [7, 11) is 1.59. The van der Waals surface area contributed by atoms with E-state index in [2.05, 4.69) is 11.7 Å². The summed E-state index contributed by atoms with van der Waals surface area (Å²) in [6, 6.07) is 23.4. The van der Waals surface area contributed by atoms with Gasteiger partial charge in [0.15, 0.2) is 17.3 Å². The van der Waals surface area contributed by atoms with Gasteiger partial charge in [-0.25, -0.2) is 4.98 Å². The van der Waals surface area contributed by atoms with Crippen molar-refractivity contribution >= 4 is 51.3 Å². The number of benzene rings is 4. The number of furan rings is 1. The molecular formula is C36H29Cl2N3O5. The Morgan fingerprint density at radius 3 is 2.59 bits per heavy atom. The van der Waals surface area contributed by atoms with Crippen molar-refractivity contribution in [3.63, 3.8) is 0 Å². The molecule has 0 N–H and O–H groups in total. The molecule has 232 valence electrons. The topological polar surface area (TPSA) is 88.1 Å². The fourth-order valence-electron chi connectivity index (χ4n) is 5.12. The standard InChI is InChI=1S/C36H29Cl2N3O5/c1-4-9-23-16-22(17-32(44-5-2)34(23)45-21-24-14-15-25(37)18-28(24)38)20-39-41-35(40-29-11-7-6-10-26(29)36(41)42)33-19-27-30(43-3)12-8-13-31(27)46-33/h4,6-8,10-20H,1,5,9,21H2,2-3H3. The van der Waals surface area contributed by atoms with Crippen molar-refractivity contribution < 1.29 is 18.6 Å². The van der Waals surface area contributed by atoms with E-state index >= 15 is 0 Å². The fourth-order valence-corrected chi connectivity index (χ4v) is 5.58. The van der Waals surface area contributed by atoms with Gasteiger partial charge in [-0.2, -0.15) is 9.78 Å². The molecule has 6 rings (SSSR count). The van der Waals surface area contributed by atoms with E-state index in [1.54, 1.807) is 55.8 Å². The normalized spacial score (nSPS) is 11.4. The number of halogens is 2. The Bertz CT molecular complexity index is 2170. The molecule has 10 heteroatoms. The maximum absolute atomic E-state index is 13.8. The molecule has 0 aliphatic rings. The van der Waals surface area contributed by atoms with Crippen LogP contribution in [0.4, 0.5) is 0 Å². The van der Waals surface area contributed by atoms with Crippen LogP contribution in [-0.2, 0) is 13.0 Å². The van der Waals surface area contributed by atoms with Gasteiger partial charge < -0.3 is 18.6 Å². The number of para-hydroxylation sites is 1. The van der Waals surface area contributed by atoms with E-state index in [4.69, 9.17) is 46.8 Å². The van der Waals surface area contributed by atoms with E-state index in [-0.39, 0.29) is 18.0 Å². The van der Waals surface area contributed by atoms with E-state index in [0.29, 0.717) is 68.1 Å². The van der Waals surface area contributed by atoms with Crippen LogP contribution in [0.2, 0.25) is 10.0 Å². The molecule has 6 aromatic rings. The van der Waals surface area contributed by atoms with Crippen LogP contribution in [0.3, 0.4) is 0 Å². The molecule has 0 saturated heterocycles. The van der Waals surface area contributed by atoms with Gasteiger partial charge in [0.05, 0.1) is 36.2 Å². The minimum Gasteiger partial charge on any atom is -0.496 e. The number of rotatable bonds is 11. The number of hydrogen-bond donors (Lipinski definition) is 0. The summed E-state index contributed by atoms with van der Waals surface area (Å²) in [6.07, 6.45) is 3.86. The fraction of sp³-hybridized carbons (Fsp3) is 0.139. The van der Waals surface area contributed by atoms with Crippen molar-refractivity contribution in [2.24, 2.45) is 5.10 Å². The highest BCUT2D eigenvalue weighted by Crippen LogP contribution is 2.36. The summed E-state index contributed by atoms with van der Waals surface area (Å²) in [5.41, 5.74) is 3.05. The molecule has 2 heterocycles. The average Bonchev–Trinajstić information content (AvgIpc) is 3.49. The van der Waals surface area contributed by atoms with E-state index in [0.717, 1.165) is 16.5 Å². The maximum atomic E-state index is 13.8. The molecule has 0 amide bonds. The van der Waals surface area contributed by atoms with Gasteiger partial charge >= 0.3 is 0 Å². The van der Waals surface area contributed by atoms with Crippen molar-refractivity contribution in [1.82, 2.24) is 9.66 Å². The summed E-state index contributed by atoms with van der Waals surface area (Å²) in [4.78, 5) is 18.6. The number of ether oxygens (including phenoxy) is 3. The van der Waals surface area contributed by atoms with E-state index in [1.165, 1.54) is 4.68 Å². The third kappa shape index (κ3) is 6.22. The van der Waals surface area contributed by atoms with Gasteiger partial charge in [-0.15, -0.1) is 6.58 Å². The minimum absolute atomic E-state index is 0.206. The quantitative estimate of drug-likeness (QED) is 0.103. The Hall–Kier alpha value is -5.05. The largest absolute Gasteiger partial charge is 0.496 e. The van der Waals surface area contributed by atoms with Crippen LogP contribution in [0.1, 0.15) is 23.6 Å². The Balaban J connectivity index is 1.44. The summed E-state index contributed by atoms with van der Waals surface area (Å²) < 4.78 is 25.2. The maximum Gasteiger partial charge on any atom is 0.282 e. The van der Waals surface area contributed by atoms with Crippen LogP contribution in [0.15, 0.2) is 106 Å². The number of aromatic nitrogens is 2. The molecule has 0 atom stereocenters. The van der Waals surface area contributed by atoms with Gasteiger partial charge in [-0.05, 0) is 73.5 Å². The monoisotopic (exact) mass is 653 g/mol. The molecule has 4 aromatic carbocycles. The number of methoxy groups -OCH3 is 1. The van der Waals surface area contributed by atoms with Crippen molar-refractivity contribution in [2.75, 3.05) is 13.7 Å². The molecule has 0 saturated carbocycles. The second-order valence-electron chi connectivity index (χ2n) is 10.3. The molecule has 0 aliphatic heterocycles. The molecule has 0 fully saturated rings. The Kier molecular flexibility index (Phi) is 9.10. The molecular weight excluding hydrogens is 625 g/mol. The lowest BCUT2D eigenvalue weighted by molar-refractivity contribution is 0.267. The highest BCUT2D eigenvalue weighted by molar-refractivity contribution is 6.35. The van der Waals surface area contributed by atoms with E-state index in [9.17, 15) is 4.79 Å². The zero-order chi connectivity index (χ0) is 32.2. The smallest absolute Gasteiger partial charge is 0.282 e. The summed E-state index contributed by atoms with van der Waals surface area (Å²) >= 11 is 12.5. The Labute approximate surface area is 275 Å². The predicted octanol–water partition coefficient (Wildman–Crippen LogP) is 8.71. The van der Waals surface area contributed by atoms with E-state index in [1.807, 2.05) is 49.4 Å². The van der Waals surface area contributed by atoms with Crippen LogP contribution in [-0.4, -0.2) is 29.6 Å². The van der Waals surface area contributed by atoms with Crippen LogP contribution in [0.5, 0.6) is 17.2 Å². The lowest BCUT2D eigenvalue weighted by atomic mass is 10.1. The number of hydrogen-bond acceptors (Lipinski definition) is 7. The zero-order valence-electron chi connectivity index (χ0n) is 25.1. The summed E-state index contributed by atoms with van der Waals surface area (Å²) in [5, 5.41) is 6.86. The van der Waals surface area contributed by atoms with Gasteiger partial charge in [0.1, 0.15) is 17.9 Å². The van der Waals surface area contributed by atoms with Crippen LogP contribution >= 0.6 is 23.2 Å². The lowest BCUT2D eigenvalue weighted by Crippen LogP contribution is -2.20. The summed E-state index contributed by atoms with van der Waals surface area (Å²) in [5.74, 6) is 2.33. The second-order valence-corrected chi connectivity index (χ2v) is 11.1. The average molecular weight is 655 g/mol. The molecule has 0 aliphatic carbocycles. The number of allylic oxidation sites excluding steroid dienone is 1. The SMILES string of the molecule is C=CCc1cc(C=Nn2c(-c3cc4c(OC)cccc4o3)nc3ccccc3c2=O)cc(OCC)c1OCc1ccc(Cl)cc1Cl. The first kappa shape index (κ1) is 31.0. The van der Waals surface area contributed by atoms with Gasteiger partial charge in [0, 0.05) is 21.2 Å². The first-order chi connectivity index (χ1) is 22.4. The van der Waals surface area contributed by atoms with E-state index < -0.39 is 0 Å². The Morgan fingerprint density at radius 1 is 0.957 bits per heavy atom. The third-order valence-electron chi connectivity index (χ3n) is 7.24. The second kappa shape index (κ2) is 13.5. The van der Waals surface area contributed by atoms with Crippen molar-refractivity contribution in [3.05, 3.63) is 129 Å². The molecule has 2 aromatic heterocycles. The van der Waals surface area contributed by atoms with Crippen LogP contribution < -0.4 is 19.8 Å². The number of nitrogens with zero attached hydrogens (tertiary/aromatic N) is 3. The first-order valence-electron chi connectivity index (χ1n) is 14.5. The van der Waals surface area contributed by atoms with Crippen LogP contribution in [0.25, 0.3) is 33.5 Å². The third-order valence-corrected chi connectivity index (χ3v) is 7.83. The molecule has 46 heavy (non-hydrogen) atoms. The Morgan fingerprint density at radius 2 is 1.80 bits per heavy atom. The van der Waals surface area contributed by atoms with Gasteiger partial charge in [0.2, 0.25) is 5.82 Å². The van der Waals surface area contributed by atoms with Crippen molar-refractivity contribution in [3.8, 4) is 28.8 Å². The van der Waals surface area contributed by atoms with Gasteiger partial charge in [-0.1, -0.05) is 53.5 Å². The molecule has 0 spiro atoms. The van der Waals surface area contributed by atoms with Crippen molar-refractivity contribution in [2.45, 2.75) is 20.0 Å². The highest BCUT2D eigenvalue weighted by Gasteiger charge is 2.19. The van der Waals surface area contributed by atoms with Gasteiger partial charge in [-0.3, -0.25) is 4.79 Å². The molecule has 0 bridgehead atoms. The molecule has 0 radical (unpaired) electrons.